The van der Waals surface area contributed by atoms with Crippen LogP contribution in [0.2, 0.25) is 0 Å². The molecule has 0 radical (unpaired) electrons. The molecular weight excluding hydrogens is 332 g/mol. The van der Waals surface area contributed by atoms with Gasteiger partial charge in [-0.25, -0.2) is 0 Å². The minimum atomic E-state index is -0.389. The fourth-order valence-electron chi connectivity index (χ4n) is 2.45. The van der Waals surface area contributed by atoms with Crippen molar-refractivity contribution in [1.82, 2.24) is 0 Å². The number of carbonyl (C=O) groups excluding carboxylic acids is 1. The van der Waals surface area contributed by atoms with Crippen molar-refractivity contribution in [2.24, 2.45) is 0 Å². The standard InChI is InChI=1S/C17H15BrO3/c1-10-3-8-14-13(9-10)16(19)15(18)17(21-14)11-4-6-12(20-2)7-5-11/h3-9,15,17H,1-2H3/t15-,17+/m0/s1. The van der Waals surface area contributed by atoms with Crippen molar-refractivity contribution in [3.63, 3.8) is 0 Å². The van der Waals surface area contributed by atoms with Crippen LogP contribution < -0.4 is 9.47 Å². The molecule has 0 fully saturated rings. The lowest BCUT2D eigenvalue weighted by Crippen LogP contribution is -2.32. The van der Waals surface area contributed by atoms with Crippen molar-refractivity contribution in [3.8, 4) is 11.5 Å². The third kappa shape index (κ3) is 2.56. The molecule has 1 aliphatic heterocycles. The number of hydrogen-bond acceptors (Lipinski definition) is 3. The maximum atomic E-state index is 12.5. The van der Waals surface area contributed by atoms with Gasteiger partial charge in [0, 0.05) is 0 Å². The molecule has 0 saturated carbocycles. The number of halogens is 1. The molecule has 0 saturated heterocycles. The molecule has 108 valence electrons. The van der Waals surface area contributed by atoms with Crippen LogP contribution in [0.3, 0.4) is 0 Å². The average molecular weight is 347 g/mol. The molecule has 4 heteroatoms. The Hall–Kier alpha value is -1.81. The van der Waals surface area contributed by atoms with Crippen molar-refractivity contribution in [2.45, 2.75) is 17.9 Å². The molecule has 0 spiro atoms. The van der Waals surface area contributed by atoms with Gasteiger partial charge in [-0.3, -0.25) is 4.79 Å². The first kappa shape index (κ1) is 14.1. The zero-order chi connectivity index (χ0) is 15.0. The Labute approximate surface area is 132 Å². The number of fused-ring (bicyclic) bond motifs is 1. The summed E-state index contributed by atoms with van der Waals surface area (Å²) in [4.78, 5) is 12.1. The SMILES string of the molecule is COc1ccc([C@H]2Oc3ccc(C)cc3C(=O)[C@@H]2Br)cc1. The molecule has 2 atom stereocenters. The van der Waals surface area contributed by atoms with Gasteiger partial charge in [-0.15, -0.1) is 0 Å². The maximum Gasteiger partial charge on any atom is 0.184 e. The van der Waals surface area contributed by atoms with Gasteiger partial charge in [0.25, 0.3) is 0 Å². The van der Waals surface area contributed by atoms with E-state index in [1.54, 1.807) is 7.11 Å². The van der Waals surface area contributed by atoms with Crippen LogP contribution in [0.4, 0.5) is 0 Å². The number of hydrogen-bond donors (Lipinski definition) is 0. The van der Waals surface area contributed by atoms with Gasteiger partial charge >= 0.3 is 0 Å². The molecule has 0 aromatic heterocycles. The van der Waals surface area contributed by atoms with E-state index in [2.05, 4.69) is 15.9 Å². The topological polar surface area (TPSA) is 35.5 Å². The first-order valence-electron chi connectivity index (χ1n) is 6.69. The van der Waals surface area contributed by atoms with Crippen LogP contribution in [0, 0.1) is 6.92 Å². The Bertz CT molecular complexity index is 679. The van der Waals surface area contributed by atoms with Crippen LogP contribution in [-0.4, -0.2) is 17.7 Å². The second-order valence-corrected chi connectivity index (χ2v) is 6.06. The molecule has 0 aliphatic carbocycles. The van der Waals surface area contributed by atoms with E-state index in [0.717, 1.165) is 16.9 Å². The van der Waals surface area contributed by atoms with Crippen LogP contribution in [0.25, 0.3) is 0 Å². The highest BCUT2D eigenvalue weighted by Crippen LogP contribution is 2.39. The molecule has 1 heterocycles. The number of aryl methyl sites for hydroxylation is 1. The van der Waals surface area contributed by atoms with Gasteiger partial charge in [-0.2, -0.15) is 0 Å². The largest absolute Gasteiger partial charge is 0.497 e. The highest BCUT2D eigenvalue weighted by atomic mass is 79.9. The lowest BCUT2D eigenvalue weighted by atomic mass is 9.95. The van der Waals surface area contributed by atoms with Crippen LogP contribution in [0.15, 0.2) is 42.5 Å². The van der Waals surface area contributed by atoms with E-state index in [4.69, 9.17) is 9.47 Å². The van der Waals surface area contributed by atoms with Gasteiger partial charge in [0.1, 0.15) is 22.4 Å². The minimum Gasteiger partial charge on any atom is -0.497 e. The number of ketones is 1. The molecule has 0 N–H and O–H groups in total. The minimum absolute atomic E-state index is 0.0563. The Kier molecular flexibility index (Phi) is 3.72. The van der Waals surface area contributed by atoms with E-state index in [9.17, 15) is 4.79 Å². The van der Waals surface area contributed by atoms with Crippen LogP contribution in [0.1, 0.15) is 27.6 Å². The van der Waals surface area contributed by atoms with E-state index in [1.807, 2.05) is 49.4 Å². The van der Waals surface area contributed by atoms with E-state index in [-0.39, 0.29) is 16.7 Å². The summed E-state index contributed by atoms with van der Waals surface area (Å²) in [7, 11) is 1.63. The summed E-state index contributed by atoms with van der Waals surface area (Å²) < 4.78 is 11.2. The summed E-state index contributed by atoms with van der Waals surface area (Å²) in [5.41, 5.74) is 2.63. The number of rotatable bonds is 2. The van der Waals surface area contributed by atoms with Gasteiger partial charge in [0.15, 0.2) is 5.78 Å². The predicted octanol–water partition coefficient (Wildman–Crippen LogP) is 4.08. The van der Waals surface area contributed by atoms with Crippen molar-refractivity contribution >= 4 is 21.7 Å². The second-order valence-electron chi connectivity index (χ2n) is 5.08. The zero-order valence-electron chi connectivity index (χ0n) is 11.8. The summed E-state index contributed by atoms with van der Waals surface area (Å²) >= 11 is 3.48. The third-order valence-corrected chi connectivity index (χ3v) is 4.51. The fraction of sp³-hybridized carbons (Fsp3) is 0.235. The first-order valence-corrected chi connectivity index (χ1v) is 7.61. The Morgan fingerprint density at radius 1 is 1.14 bits per heavy atom. The van der Waals surface area contributed by atoms with Crippen molar-refractivity contribution in [2.75, 3.05) is 7.11 Å². The first-order chi connectivity index (χ1) is 10.1. The summed E-state index contributed by atoms with van der Waals surface area (Å²) in [6.07, 6.45) is -0.335. The van der Waals surface area contributed by atoms with E-state index >= 15 is 0 Å². The molecule has 0 unspecified atom stereocenters. The van der Waals surface area contributed by atoms with Crippen LogP contribution >= 0.6 is 15.9 Å². The van der Waals surface area contributed by atoms with E-state index in [0.29, 0.717) is 11.3 Å². The van der Waals surface area contributed by atoms with E-state index < -0.39 is 0 Å². The molecule has 2 aromatic carbocycles. The zero-order valence-corrected chi connectivity index (χ0v) is 13.4. The molecular formula is C17H15BrO3. The molecule has 3 nitrogen and oxygen atoms in total. The molecule has 0 bridgehead atoms. The van der Waals surface area contributed by atoms with Gasteiger partial charge in [-0.1, -0.05) is 39.7 Å². The maximum absolute atomic E-state index is 12.5. The number of alkyl halides is 1. The Morgan fingerprint density at radius 3 is 2.52 bits per heavy atom. The third-order valence-electron chi connectivity index (χ3n) is 3.62. The number of benzene rings is 2. The molecule has 21 heavy (non-hydrogen) atoms. The quantitative estimate of drug-likeness (QED) is 0.768. The Balaban J connectivity index is 1.97. The summed E-state index contributed by atoms with van der Waals surface area (Å²) in [5.74, 6) is 1.48. The van der Waals surface area contributed by atoms with Crippen molar-refractivity contribution in [1.29, 1.82) is 0 Å². The lowest BCUT2D eigenvalue weighted by molar-refractivity contribution is 0.0872. The highest BCUT2D eigenvalue weighted by Gasteiger charge is 2.36. The van der Waals surface area contributed by atoms with Gasteiger partial charge in [0.2, 0.25) is 0 Å². The van der Waals surface area contributed by atoms with Gasteiger partial charge in [-0.05, 0) is 36.8 Å². The normalized spacial score (nSPS) is 20.6. The second kappa shape index (κ2) is 5.53. The monoisotopic (exact) mass is 346 g/mol. The summed E-state index contributed by atoms with van der Waals surface area (Å²) in [6.45, 7) is 1.96. The average Bonchev–Trinajstić information content (AvgIpc) is 2.51. The van der Waals surface area contributed by atoms with Gasteiger partial charge < -0.3 is 9.47 Å². The summed E-state index contributed by atoms with van der Waals surface area (Å²) in [6, 6.07) is 13.3. The van der Waals surface area contributed by atoms with E-state index in [1.165, 1.54) is 0 Å². The summed E-state index contributed by atoms with van der Waals surface area (Å²) in [5, 5.41) is 0. The highest BCUT2D eigenvalue weighted by molar-refractivity contribution is 9.10. The molecule has 2 aromatic rings. The number of carbonyl (C=O) groups is 1. The molecule has 1 aliphatic rings. The number of Topliss-reactive ketones (excluding diaryl/α,β-unsaturated/α-hetero) is 1. The number of methoxy groups -OCH3 is 1. The number of ether oxygens (including phenoxy) is 2. The Morgan fingerprint density at radius 2 is 1.86 bits per heavy atom. The van der Waals surface area contributed by atoms with Crippen LogP contribution in [0.5, 0.6) is 11.5 Å². The predicted molar refractivity (Wildman–Crippen MR) is 84.6 cm³/mol. The lowest BCUT2D eigenvalue weighted by Gasteiger charge is -2.30. The van der Waals surface area contributed by atoms with Gasteiger partial charge in [0.05, 0.1) is 12.7 Å². The van der Waals surface area contributed by atoms with Crippen LogP contribution in [-0.2, 0) is 0 Å². The smallest absolute Gasteiger partial charge is 0.184 e. The molecule has 0 amide bonds. The molecule has 3 rings (SSSR count). The fourth-order valence-corrected chi connectivity index (χ4v) is 3.11. The van der Waals surface area contributed by atoms with Crippen molar-refractivity contribution in [3.05, 3.63) is 59.2 Å². The van der Waals surface area contributed by atoms with Crippen molar-refractivity contribution < 1.29 is 14.3 Å².